The molecular formula is C17H23N3O4S. The van der Waals surface area contributed by atoms with Gasteiger partial charge < -0.3 is 14.0 Å². The SMILES string of the molecule is COc1cc2c(cc1OC)[C@H](C)N(S(=O)(=O)c1cn(C)c(C)n1)CC2. The fraction of sp³-hybridized carbons (Fsp3) is 0.471. The number of methoxy groups -OCH3 is 2. The number of hydrogen-bond donors (Lipinski definition) is 0. The maximum atomic E-state index is 13.0. The van der Waals surface area contributed by atoms with E-state index in [4.69, 9.17) is 9.47 Å². The molecule has 25 heavy (non-hydrogen) atoms. The van der Waals surface area contributed by atoms with Crippen molar-refractivity contribution >= 4 is 10.0 Å². The second kappa shape index (κ2) is 6.34. The van der Waals surface area contributed by atoms with E-state index in [-0.39, 0.29) is 11.1 Å². The normalized spacial score (nSPS) is 18.0. The van der Waals surface area contributed by atoms with Gasteiger partial charge in [-0.3, -0.25) is 0 Å². The van der Waals surface area contributed by atoms with Gasteiger partial charge in [0.05, 0.1) is 14.2 Å². The minimum Gasteiger partial charge on any atom is -0.493 e. The lowest BCUT2D eigenvalue weighted by Crippen LogP contribution is -2.39. The van der Waals surface area contributed by atoms with Crippen LogP contribution in [0.3, 0.4) is 0 Å². The molecule has 1 aromatic carbocycles. The molecule has 0 amide bonds. The van der Waals surface area contributed by atoms with Gasteiger partial charge in [-0.05, 0) is 43.5 Å². The van der Waals surface area contributed by atoms with Crippen LogP contribution in [0.5, 0.6) is 11.5 Å². The van der Waals surface area contributed by atoms with E-state index in [2.05, 4.69) is 4.98 Å². The van der Waals surface area contributed by atoms with Crippen molar-refractivity contribution in [3.05, 3.63) is 35.3 Å². The molecule has 1 aromatic heterocycles. The van der Waals surface area contributed by atoms with E-state index >= 15 is 0 Å². The molecule has 0 unspecified atom stereocenters. The molecule has 0 saturated heterocycles. The lowest BCUT2D eigenvalue weighted by molar-refractivity contribution is 0.318. The van der Waals surface area contributed by atoms with Crippen LogP contribution in [0.25, 0.3) is 0 Å². The van der Waals surface area contributed by atoms with Crippen LogP contribution in [-0.4, -0.2) is 43.0 Å². The number of fused-ring (bicyclic) bond motifs is 1. The Morgan fingerprint density at radius 3 is 2.40 bits per heavy atom. The number of aromatic nitrogens is 2. The Balaban J connectivity index is 2.02. The van der Waals surface area contributed by atoms with Gasteiger partial charge in [0.25, 0.3) is 10.0 Å². The van der Waals surface area contributed by atoms with Crippen molar-refractivity contribution in [3.8, 4) is 11.5 Å². The first-order chi connectivity index (χ1) is 11.8. The van der Waals surface area contributed by atoms with Gasteiger partial charge in [0.15, 0.2) is 16.5 Å². The number of hydrogen-bond acceptors (Lipinski definition) is 5. The van der Waals surface area contributed by atoms with Gasteiger partial charge in [-0.2, -0.15) is 4.31 Å². The van der Waals surface area contributed by atoms with Crippen molar-refractivity contribution in [3.63, 3.8) is 0 Å². The van der Waals surface area contributed by atoms with Gasteiger partial charge >= 0.3 is 0 Å². The molecule has 0 bridgehead atoms. The van der Waals surface area contributed by atoms with Gasteiger partial charge in [0, 0.05) is 25.8 Å². The molecule has 1 aliphatic heterocycles. The van der Waals surface area contributed by atoms with E-state index in [9.17, 15) is 8.42 Å². The molecule has 0 saturated carbocycles. The number of rotatable bonds is 4. The fourth-order valence-corrected chi connectivity index (χ4v) is 4.86. The van der Waals surface area contributed by atoms with Gasteiger partial charge in [0.2, 0.25) is 0 Å². The first-order valence-electron chi connectivity index (χ1n) is 8.06. The molecule has 0 radical (unpaired) electrons. The van der Waals surface area contributed by atoms with E-state index < -0.39 is 10.0 Å². The number of sulfonamides is 1. The third-order valence-corrected chi connectivity index (χ3v) is 6.63. The minimum atomic E-state index is -3.66. The number of nitrogens with zero attached hydrogens (tertiary/aromatic N) is 3. The second-order valence-corrected chi connectivity index (χ2v) is 8.02. The average molecular weight is 365 g/mol. The van der Waals surface area contributed by atoms with Gasteiger partial charge in [-0.25, -0.2) is 13.4 Å². The average Bonchev–Trinajstić information content (AvgIpc) is 2.93. The summed E-state index contributed by atoms with van der Waals surface area (Å²) in [6.45, 7) is 4.07. The first kappa shape index (κ1) is 17.8. The smallest absolute Gasteiger partial charge is 0.262 e. The molecule has 0 N–H and O–H groups in total. The monoisotopic (exact) mass is 365 g/mol. The molecule has 7 nitrogen and oxygen atoms in total. The van der Waals surface area contributed by atoms with E-state index in [1.54, 1.807) is 39.0 Å². The highest BCUT2D eigenvalue weighted by atomic mass is 32.2. The van der Waals surface area contributed by atoms with Crippen LogP contribution < -0.4 is 9.47 Å². The van der Waals surface area contributed by atoms with Crippen molar-refractivity contribution in [1.82, 2.24) is 13.9 Å². The van der Waals surface area contributed by atoms with Crippen molar-refractivity contribution in [2.45, 2.75) is 31.3 Å². The summed E-state index contributed by atoms with van der Waals surface area (Å²) in [7, 11) is 1.29. The summed E-state index contributed by atoms with van der Waals surface area (Å²) in [6, 6.07) is 3.49. The second-order valence-electron chi connectivity index (χ2n) is 6.18. The zero-order valence-electron chi connectivity index (χ0n) is 15.1. The van der Waals surface area contributed by atoms with Gasteiger partial charge in [0.1, 0.15) is 5.82 Å². The molecule has 0 spiro atoms. The van der Waals surface area contributed by atoms with E-state index in [1.165, 1.54) is 4.31 Å². The Morgan fingerprint density at radius 1 is 1.20 bits per heavy atom. The number of aryl methyl sites for hydroxylation is 2. The van der Waals surface area contributed by atoms with Crippen molar-refractivity contribution in [1.29, 1.82) is 0 Å². The molecule has 8 heteroatoms. The maximum Gasteiger partial charge on any atom is 0.262 e. The number of imidazole rings is 1. The summed E-state index contributed by atoms with van der Waals surface area (Å²) < 4.78 is 40.0. The van der Waals surface area contributed by atoms with Gasteiger partial charge in [-0.15, -0.1) is 0 Å². The van der Waals surface area contributed by atoms with E-state index in [0.717, 1.165) is 11.1 Å². The first-order valence-corrected chi connectivity index (χ1v) is 9.50. The molecule has 0 fully saturated rings. The topological polar surface area (TPSA) is 73.7 Å². The predicted octanol–water partition coefficient (Wildman–Crippen LogP) is 2.05. The third-order valence-electron chi connectivity index (χ3n) is 4.79. The van der Waals surface area contributed by atoms with Crippen LogP contribution in [0.1, 0.15) is 29.9 Å². The summed E-state index contributed by atoms with van der Waals surface area (Å²) in [5.74, 6) is 1.92. The summed E-state index contributed by atoms with van der Waals surface area (Å²) in [4.78, 5) is 4.20. The zero-order chi connectivity index (χ0) is 18.4. The summed E-state index contributed by atoms with van der Waals surface area (Å²) >= 11 is 0. The Morgan fingerprint density at radius 2 is 1.84 bits per heavy atom. The third kappa shape index (κ3) is 2.89. The largest absolute Gasteiger partial charge is 0.493 e. The van der Waals surface area contributed by atoms with Gasteiger partial charge in [-0.1, -0.05) is 0 Å². The fourth-order valence-electron chi connectivity index (χ4n) is 3.22. The predicted molar refractivity (Wildman–Crippen MR) is 93.5 cm³/mol. The lowest BCUT2D eigenvalue weighted by Gasteiger charge is -2.34. The summed E-state index contributed by atoms with van der Waals surface area (Å²) in [5.41, 5.74) is 2.01. The Hall–Kier alpha value is -2.06. The lowest BCUT2D eigenvalue weighted by atomic mass is 9.94. The van der Waals surface area contributed by atoms with Crippen LogP contribution in [0.4, 0.5) is 0 Å². The van der Waals surface area contributed by atoms with Crippen LogP contribution >= 0.6 is 0 Å². The van der Waals surface area contributed by atoms with Crippen molar-refractivity contribution in [2.75, 3.05) is 20.8 Å². The van der Waals surface area contributed by atoms with Crippen molar-refractivity contribution in [2.24, 2.45) is 7.05 Å². The molecule has 2 heterocycles. The zero-order valence-corrected chi connectivity index (χ0v) is 15.9. The minimum absolute atomic E-state index is 0.0864. The standard InChI is InChI=1S/C17H23N3O4S/c1-11-14-9-16(24-5)15(23-4)8-13(14)6-7-20(11)25(21,22)17-10-19(3)12(2)18-17/h8-11H,6-7H2,1-5H3/t11-/m0/s1. The Kier molecular flexibility index (Phi) is 4.51. The molecule has 1 aliphatic rings. The van der Waals surface area contributed by atoms with Crippen LogP contribution in [0.2, 0.25) is 0 Å². The Labute approximate surface area is 148 Å². The molecular weight excluding hydrogens is 342 g/mol. The number of ether oxygens (including phenoxy) is 2. The highest BCUT2D eigenvalue weighted by Gasteiger charge is 2.36. The molecule has 3 rings (SSSR count). The highest BCUT2D eigenvalue weighted by molar-refractivity contribution is 7.89. The molecule has 136 valence electrons. The quantitative estimate of drug-likeness (QED) is 0.829. The Bertz CT molecular complexity index is 885. The van der Waals surface area contributed by atoms with Crippen molar-refractivity contribution < 1.29 is 17.9 Å². The van der Waals surface area contributed by atoms with E-state index in [1.807, 2.05) is 19.1 Å². The van der Waals surface area contributed by atoms with Crippen LogP contribution in [0.15, 0.2) is 23.4 Å². The maximum absolute atomic E-state index is 13.0. The van der Waals surface area contributed by atoms with Crippen LogP contribution in [-0.2, 0) is 23.5 Å². The molecule has 0 aliphatic carbocycles. The molecule has 2 aromatic rings. The summed E-state index contributed by atoms with van der Waals surface area (Å²) in [6.07, 6.45) is 2.17. The summed E-state index contributed by atoms with van der Waals surface area (Å²) in [5, 5.41) is 0.0864. The highest BCUT2D eigenvalue weighted by Crippen LogP contribution is 2.39. The van der Waals surface area contributed by atoms with E-state index in [0.29, 0.717) is 30.3 Å². The molecule has 1 atom stereocenters. The number of benzene rings is 1. The van der Waals surface area contributed by atoms with Crippen LogP contribution in [0, 0.1) is 6.92 Å².